The van der Waals surface area contributed by atoms with Crippen LogP contribution < -0.4 is 14.8 Å². The second kappa shape index (κ2) is 4.61. The third kappa shape index (κ3) is 2.50. The molecule has 0 radical (unpaired) electrons. The smallest absolute Gasteiger partial charge is 0.395 e. The number of hydrogen-bond acceptors (Lipinski definition) is 4. The molecule has 1 aromatic carbocycles. The average molecular weight is 270 g/mol. The molecular weight excluding hydrogens is 254 g/mol. The Morgan fingerprint density at radius 3 is 2.63 bits per heavy atom. The molecule has 6 heteroatoms. The molecule has 0 saturated carbocycles. The van der Waals surface area contributed by atoms with Gasteiger partial charge in [-0.15, -0.1) is 8.78 Å². The Balaban J connectivity index is 1.79. The lowest BCUT2D eigenvalue weighted by Gasteiger charge is -2.33. The summed E-state index contributed by atoms with van der Waals surface area (Å²) >= 11 is 0. The van der Waals surface area contributed by atoms with Gasteiger partial charge in [-0.1, -0.05) is 6.07 Å². The number of ether oxygens (including phenoxy) is 2. The predicted molar refractivity (Wildman–Crippen MR) is 65.5 cm³/mol. The standard InChI is InChI=1S/C13H16F2N2O2/c1-9(17-6-4-16-5-7-17)10-2-3-11-12(8-10)19-13(14,15)18-11/h2-3,8-9,16H,4-7H2,1H3/t9-/m0/s1. The number of benzene rings is 1. The maximum absolute atomic E-state index is 13.0. The van der Waals surface area contributed by atoms with Crippen LogP contribution in [0, 0.1) is 0 Å². The molecule has 2 aliphatic rings. The van der Waals surface area contributed by atoms with Gasteiger partial charge in [0.25, 0.3) is 0 Å². The summed E-state index contributed by atoms with van der Waals surface area (Å²) in [6, 6.07) is 5.17. The van der Waals surface area contributed by atoms with Crippen LogP contribution in [0.1, 0.15) is 18.5 Å². The van der Waals surface area contributed by atoms with Gasteiger partial charge in [-0.05, 0) is 24.6 Å². The molecule has 1 saturated heterocycles. The van der Waals surface area contributed by atoms with E-state index >= 15 is 0 Å². The normalized spacial score (nSPS) is 23.3. The first kappa shape index (κ1) is 12.6. The third-order valence-electron chi connectivity index (χ3n) is 3.61. The summed E-state index contributed by atoms with van der Waals surface area (Å²) in [5.74, 6) is 0.214. The Hall–Kier alpha value is -1.40. The van der Waals surface area contributed by atoms with Crippen molar-refractivity contribution in [3.8, 4) is 11.5 Å². The minimum Gasteiger partial charge on any atom is -0.395 e. The van der Waals surface area contributed by atoms with Crippen LogP contribution in [0.2, 0.25) is 0 Å². The van der Waals surface area contributed by atoms with Crippen LogP contribution >= 0.6 is 0 Å². The summed E-state index contributed by atoms with van der Waals surface area (Å²) in [5, 5.41) is 3.29. The zero-order chi connectivity index (χ0) is 13.5. The number of piperazine rings is 1. The lowest BCUT2D eigenvalue weighted by Crippen LogP contribution is -2.44. The van der Waals surface area contributed by atoms with Gasteiger partial charge in [-0.3, -0.25) is 4.90 Å². The summed E-state index contributed by atoms with van der Waals surface area (Å²) in [6.45, 7) is 5.87. The second-order valence-corrected chi connectivity index (χ2v) is 4.84. The van der Waals surface area contributed by atoms with Crippen molar-refractivity contribution in [2.24, 2.45) is 0 Å². The lowest BCUT2D eigenvalue weighted by atomic mass is 10.1. The van der Waals surface area contributed by atoms with Gasteiger partial charge in [0.2, 0.25) is 0 Å². The topological polar surface area (TPSA) is 33.7 Å². The highest BCUT2D eigenvalue weighted by Crippen LogP contribution is 2.42. The van der Waals surface area contributed by atoms with Crippen LogP contribution in [-0.2, 0) is 0 Å². The minimum absolute atomic E-state index is 0.0984. The Morgan fingerprint density at radius 2 is 1.89 bits per heavy atom. The van der Waals surface area contributed by atoms with Crippen LogP contribution in [0.3, 0.4) is 0 Å². The highest BCUT2D eigenvalue weighted by molar-refractivity contribution is 5.45. The van der Waals surface area contributed by atoms with Crippen molar-refractivity contribution >= 4 is 0 Å². The lowest BCUT2D eigenvalue weighted by molar-refractivity contribution is -0.286. The number of fused-ring (bicyclic) bond motifs is 1. The van der Waals surface area contributed by atoms with Gasteiger partial charge in [-0.25, -0.2) is 0 Å². The first-order chi connectivity index (χ1) is 9.05. The summed E-state index contributed by atoms with van der Waals surface area (Å²) in [6.07, 6.45) is -3.54. The van der Waals surface area contributed by atoms with Crippen LogP contribution in [0.5, 0.6) is 11.5 Å². The molecule has 1 atom stereocenters. The molecule has 2 aliphatic heterocycles. The van der Waals surface area contributed by atoms with Crippen LogP contribution in [-0.4, -0.2) is 37.4 Å². The molecular formula is C13H16F2N2O2. The van der Waals surface area contributed by atoms with Crippen molar-refractivity contribution in [1.82, 2.24) is 10.2 Å². The first-order valence-electron chi connectivity index (χ1n) is 6.40. The first-order valence-corrected chi connectivity index (χ1v) is 6.40. The Labute approximate surface area is 110 Å². The summed E-state index contributed by atoms with van der Waals surface area (Å²) in [4.78, 5) is 2.31. The molecule has 0 bridgehead atoms. The average Bonchev–Trinajstić information content (AvgIpc) is 2.71. The molecule has 2 heterocycles. The molecule has 1 aromatic rings. The Bertz CT molecular complexity index is 476. The molecule has 1 N–H and O–H groups in total. The van der Waals surface area contributed by atoms with Crippen LogP contribution in [0.15, 0.2) is 18.2 Å². The van der Waals surface area contributed by atoms with Gasteiger partial charge >= 0.3 is 6.29 Å². The van der Waals surface area contributed by atoms with E-state index in [1.54, 1.807) is 12.1 Å². The zero-order valence-corrected chi connectivity index (χ0v) is 10.7. The highest BCUT2D eigenvalue weighted by Gasteiger charge is 2.43. The SMILES string of the molecule is C[C@@H](c1ccc2c(c1)OC(F)(F)O2)N1CCNCC1. The van der Waals surface area contributed by atoms with E-state index in [1.807, 2.05) is 6.07 Å². The fourth-order valence-corrected chi connectivity index (χ4v) is 2.51. The van der Waals surface area contributed by atoms with Crippen molar-refractivity contribution < 1.29 is 18.3 Å². The van der Waals surface area contributed by atoms with E-state index in [0.29, 0.717) is 0 Å². The molecule has 1 fully saturated rings. The molecule has 0 aliphatic carbocycles. The van der Waals surface area contributed by atoms with E-state index in [4.69, 9.17) is 0 Å². The Morgan fingerprint density at radius 1 is 1.21 bits per heavy atom. The van der Waals surface area contributed by atoms with Gasteiger partial charge in [0.15, 0.2) is 11.5 Å². The number of nitrogens with zero attached hydrogens (tertiary/aromatic N) is 1. The number of halogens is 2. The van der Waals surface area contributed by atoms with Crippen molar-refractivity contribution in [2.45, 2.75) is 19.3 Å². The summed E-state index contributed by atoms with van der Waals surface area (Å²) in [5.41, 5.74) is 0.960. The minimum atomic E-state index is -3.54. The van der Waals surface area contributed by atoms with E-state index in [9.17, 15) is 8.78 Å². The molecule has 19 heavy (non-hydrogen) atoms. The van der Waals surface area contributed by atoms with E-state index in [-0.39, 0.29) is 17.5 Å². The molecule has 0 spiro atoms. The van der Waals surface area contributed by atoms with E-state index in [1.165, 1.54) is 0 Å². The molecule has 0 unspecified atom stereocenters. The van der Waals surface area contributed by atoms with Crippen molar-refractivity contribution in [2.75, 3.05) is 26.2 Å². The molecule has 0 aromatic heterocycles. The summed E-state index contributed by atoms with van der Waals surface area (Å²) < 4.78 is 34.8. The molecule has 104 valence electrons. The monoisotopic (exact) mass is 270 g/mol. The third-order valence-corrected chi connectivity index (χ3v) is 3.61. The van der Waals surface area contributed by atoms with Gasteiger partial charge in [-0.2, -0.15) is 0 Å². The van der Waals surface area contributed by atoms with Crippen LogP contribution in [0.4, 0.5) is 8.78 Å². The zero-order valence-electron chi connectivity index (χ0n) is 10.7. The maximum Gasteiger partial charge on any atom is 0.586 e. The van der Waals surface area contributed by atoms with Gasteiger partial charge in [0.05, 0.1) is 0 Å². The quantitative estimate of drug-likeness (QED) is 0.891. The highest BCUT2D eigenvalue weighted by atomic mass is 19.3. The van der Waals surface area contributed by atoms with Gasteiger partial charge in [0.1, 0.15) is 0 Å². The molecule has 3 rings (SSSR count). The largest absolute Gasteiger partial charge is 0.586 e. The van der Waals surface area contributed by atoms with Crippen molar-refractivity contribution in [1.29, 1.82) is 0 Å². The second-order valence-electron chi connectivity index (χ2n) is 4.84. The van der Waals surface area contributed by atoms with Gasteiger partial charge in [0, 0.05) is 32.2 Å². The predicted octanol–water partition coefficient (Wildman–Crippen LogP) is 1.97. The van der Waals surface area contributed by atoms with E-state index in [0.717, 1.165) is 31.7 Å². The number of hydrogen-bond donors (Lipinski definition) is 1. The Kier molecular flexibility index (Phi) is 3.06. The number of rotatable bonds is 2. The van der Waals surface area contributed by atoms with Gasteiger partial charge < -0.3 is 14.8 Å². The number of alkyl halides is 2. The molecule has 4 nitrogen and oxygen atoms in total. The van der Waals surface area contributed by atoms with E-state index in [2.05, 4.69) is 26.6 Å². The number of nitrogens with one attached hydrogen (secondary N) is 1. The fraction of sp³-hybridized carbons (Fsp3) is 0.538. The van der Waals surface area contributed by atoms with Crippen molar-refractivity contribution in [3.05, 3.63) is 23.8 Å². The fourth-order valence-electron chi connectivity index (χ4n) is 2.51. The van der Waals surface area contributed by atoms with E-state index < -0.39 is 6.29 Å². The maximum atomic E-state index is 13.0. The van der Waals surface area contributed by atoms with Crippen molar-refractivity contribution in [3.63, 3.8) is 0 Å². The summed E-state index contributed by atoms with van der Waals surface area (Å²) in [7, 11) is 0. The van der Waals surface area contributed by atoms with Crippen LogP contribution in [0.25, 0.3) is 0 Å². The molecule has 0 amide bonds.